The van der Waals surface area contributed by atoms with Crippen LogP contribution in [0.25, 0.3) is 10.7 Å². The van der Waals surface area contributed by atoms with Crippen molar-refractivity contribution >= 4 is 29.0 Å². The fourth-order valence-electron chi connectivity index (χ4n) is 4.39. The van der Waals surface area contributed by atoms with Gasteiger partial charge in [-0.3, -0.25) is 4.79 Å². The summed E-state index contributed by atoms with van der Waals surface area (Å²) in [6.45, 7) is 2.15. The summed E-state index contributed by atoms with van der Waals surface area (Å²) in [7, 11) is 0. The first-order valence-corrected chi connectivity index (χ1v) is 10.6. The van der Waals surface area contributed by atoms with Crippen molar-refractivity contribution in [3.05, 3.63) is 17.5 Å². The van der Waals surface area contributed by atoms with Crippen LogP contribution in [-0.4, -0.2) is 32.6 Å². The van der Waals surface area contributed by atoms with Crippen molar-refractivity contribution in [2.75, 3.05) is 11.6 Å². The van der Waals surface area contributed by atoms with E-state index < -0.39 is 0 Å². The molecule has 4 atom stereocenters. The van der Waals surface area contributed by atoms with Crippen molar-refractivity contribution in [3.8, 4) is 10.7 Å². The summed E-state index contributed by atoms with van der Waals surface area (Å²) < 4.78 is 1.46. The van der Waals surface area contributed by atoms with Crippen LogP contribution in [0.3, 0.4) is 0 Å². The molecule has 2 heterocycles. The first kappa shape index (κ1) is 16.9. The summed E-state index contributed by atoms with van der Waals surface area (Å²) >= 11 is 2.89. The molecular weight excluding hydrogens is 354 g/mol. The largest absolute Gasteiger partial charge is 0.353 e. The summed E-state index contributed by atoms with van der Waals surface area (Å²) in [5.74, 6) is 9.42. The molecule has 4 unspecified atom stereocenters. The topological polar surface area (TPSA) is 85.8 Å². The smallest absolute Gasteiger partial charge is 0.230 e. The second-order valence-corrected chi connectivity index (χ2v) is 9.03. The molecule has 8 heteroatoms. The van der Waals surface area contributed by atoms with Gasteiger partial charge >= 0.3 is 0 Å². The minimum atomic E-state index is 0.0425. The van der Waals surface area contributed by atoms with Crippen LogP contribution in [0.2, 0.25) is 0 Å². The van der Waals surface area contributed by atoms with Crippen molar-refractivity contribution in [2.24, 2.45) is 17.8 Å². The van der Waals surface area contributed by atoms with E-state index in [1.54, 1.807) is 11.3 Å². The molecule has 25 heavy (non-hydrogen) atoms. The Bertz CT molecular complexity index is 744. The third-order valence-corrected chi connectivity index (χ3v) is 7.37. The van der Waals surface area contributed by atoms with Gasteiger partial charge in [-0.15, -0.1) is 21.5 Å². The first-order chi connectivity index (χ1) is 12.1. The van der Waals surface area contributed by atoms with Gasteiger partial charge in [0.1, 0.15) is 0 Å². The number of rotatable bonds is 6. The fourth-order valence-corrected chi connectivity index (χ4v) is 5.76. The third kappa shape index (κ3) is 3.42. The molecule has 2 aromatic rings. The van der Waals surface area contributed by atoms with E-state index in [2.05, 4.69) is 22.4 Å². The minimum Gasteiger partial charge on any atom is -0.353 e. The lowest BCUT2D eigenvalue weighted by Gasteiger charge is -2.28. The maximum atomic E-state index is 12.3. The summed E-state index contributed by atoms with van der Waals surface area (Å²) in [6, 6.07) is 4.16. The number of nitrogens with one attached hydrogen (secondary N) is 1. The van der Waals surface area contributed by atoms with Crippen LogP contribution in [0.5, 0.6) is 0 Å². The number of thiophene rings is 1. The number of amides is 1. The van der Waals surface area contributed by atoms with E-state index in [1.165, 1.54) is 42.1 Å². The molecule has 6 nitrogen and oxygen atoms in total. The maximum absolute atomic E-state index is 12.3. The van der Waals surface area contributed by atoms with Crippen LogP contribution >= 0.6 is 23.1 Å². The number of carbonyl (C=O) groups excluding carboxylic acids is 1. The van der Waals surface area contributed by atoms with Crippen molar-refractivity contribution < 1.29 is 4.79 Å². The summed E-state index contributed by atoms with van der Waals surface area (Å²) in [6.07, 6.45) is 5.37. The van der Waals surface area contributed by atoms with Gasteiger partial charge in [0.25, 0.3) is 0 Å². The first-order valence-electron chi connectivity index (χ1n) is 8.78. The highest BCUT2D eigenvalue weighted by atomic mass is 32.2. The number of hydrogen-bond acceptors (Lipinski definition) is 6. The van der Waals surface area contributed by atoms with Crippen molar-refractivity contribution in [2.45, 2.75) is 43.8 Å². The van der Waals surface area contributed by atoms with E-state index >= 15 is 0 Å². The Hall–Kier alpha value is -1.54. The Kier molecular flexibility index (Phi) is 4.73. The summed E-state index contributed by atoms with van der Waals surface area (Å²) in [5.41, 5.74) is 0. The zero-order chi connectivity index (χ0) is 17.4. The molecule has 134 valence electrons. The highest BCUT2D eigenvalue weighted by Crippen LogP contribution is 2.49. The van der Waals surface area contributed by atoms with Gasteiger partial charge in [-0.2, -0.15) is 0 Å². The van der Waals surface area contributed by atoms with E-state index in [4.69, 9.17) is 5.84 Å². The van der Waals surface area contributed by atoms with E-state index in [0.717, 1.165) is 16.7 Å². The number of nitrogen functional groups attached to an aromatic ring is 1. The molecule has 0 aromatic carbocycles. The number of thioether (sulfide) groups is 1. The standard InChI is InChI=1S/C17H23N5OS2/c1-10(13-8-11-4-5-12(13)7-11)19-15(23)9-25-17-21-20-16(22(17)18)14-3-2-6-24-14/h2-3,6,10-13H,4-5,7-9,18H2,1H3,(H,19,23). The van der Waals surface area contributed by atoms with Crippen molar-refractivity contribution in [1.82, 2.24) is 20.2 Å². The average molecular weight is 378 g/mol. The Morgan fingerprint density at radius 3 is 3.04 bits per heavy atom. The lowest BCUT2D eigenvalue weighted by atomic mass is 9.84. The van der Waals surface area contributed by atoms with E-state index in [9.17, 15) is 4.79 Å². The highest BCUT2D eigenvalue weighted by molar-refractivity contribution is 7.99. The molecule has 0 radical (unpaired) electrons. The molecule has 0 saturated heterocycles. The Morgan fingerprint density at radius 1 is 1.48 bits per heavy atom. The van der Waals surface area contributed by atoms with Crippen molar-refractivity contribution in [3.63, 3.8) is 0 Å². The fraction of sp³-hybridized carbons (Fsp3) is 0.588. The normalized spacial score (nSPS) is 26.0. The molecule has 2 fully saturated rings. The average Bonchev–Trinajstić information content (AvgIpc) is 3.37. The Labute approximate surface area is 155 Å². The predicted octanol–water partition coefficient (Wildman–Crippen LogP) is 2.75. The predicted molar refractivity (Wildman–Crippen MR) is 101 cm³/mol. The summed E-state index contributed by atoms with van der Waals surface area (Å²) in [5, 5.41) is 14.0. The van der Waals surface area contributed by atoms with Crippen LogP contribution < -0.4 is 11.2 Å². The van der Waals surface area contributed by atoms with E-state index in [-0.39, 0.29) is 11.9 Å². The summed E-state index contributed by atoms with van der Waals surface area (Å²) in [4.78, 5) is 13.3. The number of carbonyl (C=O) groups is 1. The molecule has 2 aromatic heterocycles. The van der Waals surface area contributed by atoms with Gasteiger partial charge in [0.15, 0.2) is 5.82 Å². The number of aromatic nitrogens is 3. The zero-order valence-electron chi connectivity index (χ0n) is 14.2. The lowest BCUT2D eigenvalue weighted by molar-refractivity contribution is -0.119. The van der Waals surface area contributed by atoms with Gasteiger partial charge in [0.2, 0.25) is 11.1 Å². The molecule has 2 aliphatic carbocycles. The van der Waals surface area contributed by atoms with Crippen molar-refractivity contribution in [1.29, 1.82) is 0 Å². The zero-order valence-corrected chi connectivity index (χ0v) is 15.9. The van der Waals surface area contributed by atoms with Crippen LogP contribution in [0.15, 0.2) is 22.7 Å². The van der Waals surface area contributed by atoms with Gasteiger partial charge in [-0.05, 0) is 55.4 Å². The Morgan fingerprint density at radius 2 is 2.36 bits per heavy atom. The quantitative estimate of drug-likeness (QED) is 0.597. The van der Waals surface area contributed by atoms with Gasteiger partial charge in [0.05, 0.1) is 10.6 Å². The lowest BCUT2D eigenvalue weighted by Crippen LogP contribution is -2.41. The Balaban J connectivity index is 1.30. The SMILES string of the molecule is CC(NC(=O)CSc1nnc(-c2cccs2)n1N)C1CC2CCC1C2. The molecular formula is C17H23N5OS2. The van der Waals surface area contributed by atoms with Gasteiger partial charge < -0.3 is 11.2 Å². The second-order valence-electron chi connectivity index (χ2n) is 7.14. The maximum Gasteiger partial charge on any atom is 0.230 e. The van der Waals surface area contributed by atoms with Gasteiger partial charge in [0, 0.05) is 6.04 Å². The molecule has 3 N–H and O–H groups in total. The van der Waals surface area contributed by atoms with Crippen LogP contribution in [0.1, 0.15) is 32.6 Å². The number of nitrogens with two attached hydrogens (primary N) is 1. The van der Waals surface area contributed by atoms with E-state index in [0.29, 0.717) is 22.7 Å². The number of nitrogens with zero attached hydrogens (tertiary/aromatic N) is 3. The van der Waals surface area contributed by atoms with Crippen LogP contribution in [-0.2, 0) is 4.79 Å². The molecule has 0 aliphatic heterocycles. The molecule has 1 amide bonds. The highest BCUT2D eigenvalue weighted by Gasteiger charge is 2.42. The molecule has 4 rings (SSSR count). The minimum absolute atomic E-state index is 0.0425. The second kappa shape index (κ2) is 6.99. The molecule has 0 spiro atoms. The third-order valence-electron chi connectivity index (χ3n) is 5.56. The van der Waals surface area contributed by atoms with Crippen LogP contribution in [0, 0.1) is 17.8 Å². The molecule has 2 saturated carbocycles. The monoisotopic (exact) mass is 377 g/mol. The number of hydrogen-bond donors (Lipinski definition) is 2. The number of fused-ring (bicyclic) bond motifs is 2. The van der Waals surface area contributed by atoms with Crippen LogP contribution in [0.4, 0.5) is 0 Å². The van der Waals surface area contributed by atoms with Gasteiger partial charge in [-0.1, -0.05) is 24.2 Å². The molecule has 2 aliphatic rings. The van der Waals surface area contributed by atoms with E-state index in [1.807, 2.05) is 17.5 Å². The molecule has 2 bridgehead atoms. The van der Waals surface area contributed by atoms with Gasteiger partial charge in [-0.25, -0.2) is 4.68 Å².